The lowest BCUT2D eigenvalue weighted by atomic mass is 10.1. The molecule has 1 fully saturated rings. The Kier molecular flexibility index (Phi) is 4.22. The molecular formula is C18H23N3O2. The number of amides is 1. The van der Waals surface area contributed by atoms with Gasteiger partial charge in [-0.1, -0.05) is 0 Å². The highest BCUT2D eigenvalue weighted by Gasteiger charge is 2.28. The second-order valence-electron chi connectivity index (χ2n) is 6.34. The van der Waals surface area contributed by atoms with E-state index in [1.54, 1.807) is 0 Å². The Morgan fingerprint density at radius 3 is 2.52 bits per heavy atom. The van der Waals surface area contributed by atoms with Gasteiger partial charge in [-0.05, 0) is 58.0 Å². The van der Waals surface area contributed by atoms with E-state index in [0.717, 1.165) is 17.1 Å². The molecule has 2 unspecified atom stereocenters. The summed E-state index contributed by atoms with van der Waals surface area (Å²) < 4.78 is 7.49. The Balaban J connectivity index is 1.81. The standard InChI is InChI=1S/C18H23N3O2/c1-12-9-13(2)21(19-12)17-7-5-16(6-8-17)18(22)20-10-15(4)23-11-14(20)3/h5-9,14-15H,10-11H2,1-4H3. The van der Waals surface area contributed by atoms with Gasteiger partial charge in [-0.25, -0.2) is 4.68 Å². The lowest BCUT2D eigenvalue weighted by molar-refractivity contribution is -0.0387. The van der Waals surface area contributed by atoms with E-state index in [9.17, 15) is 4.79 Å². The summed E-state index contributed by atoms with van der Waals surface area (Å²) in [6, 6.07) is 9.79. The zero-order chi connectivity index (χ0) is 16.6. The average molecular weight is 313 g/mol. The molecule has 0 spiro atoms. The summed E-state index contributed by atoms with van der Waals surface area (Å²) >= 11 is 0. The van der Waals surface area contributed by atoms with E-state index in [2.05, 4.69) is 5.10 Å². The third-order valence-electron chi connectivity index (χ3n) is 4.24. The number of hydrogen-bond acceptors (Lipinski definition) is 3. The molecule has 0 radical (unpaired) electrons. The zero-order valence-electron chi connectivity index (χ0n) is 14.1. The van der Waals surface area contributed by atoms with E-state index in [0.29, 0.717) is 18.7 Å². The molecule has 0 aliphatic carbocycles. The molecule has 1 aliphatic heterocycles. The maximum absolute atomic E-state index is 12.7. The highest BCUT2D eigenvalue weighted by atomic mass is 16.5. The van der Waals surface area contributed by atoms with E-state index < -0.39 is 0 Å². The fourth-order valence-electron chi connectivity index (χ4n) is 2.99. The van der Waals surface area contributed by atoms with Gasteiger partial charge in [0.2, 0.25) is 0 Å². The van der Waals surface area contributed by atoms with Crippen LogP contribution in [0.2, 0.25) is 0 Å². The van der Waals surface area contributed by atoms with Gasteiger partial charge in [0.05, 0.1) is 30.1 Å². The van der Waals surface area contributed by atoms with E-state index in [1.807, 2.05) is 67.6 Å². The number of aryl methyl sites for hydroxylation is 2. The minimum absolute atomic E-state index is 0.0626. The van der Waals surface area contributed by atoms with E-state index in [1.165, 1.54) is 0 Å². The number of carbonyl (C=O) groups excluding carboxylic acids is 1. The highest BCUT2D eigenvalue weighted by molar-refractivity contribution is 5.94. The van der Waals surface area contributed by atoms with Crippen LogP contribution in [-0.4, -0.2) is 45.9 Å². The van der Waals surface area contributed by atoms with Gasteiger partial charge in [-0.2, -0.15) is 5.10 Å². The second-order valence-corrected chi connectivity index (χ2v) is 6.34. The molecule has 3 rings (SSSR count). The van der Waals surface area contributed by atoms with Gasteiger partial charge in [-0.15, -0.1) is 0 Å². The first-order valence-electron chi connectivity index (χ1n) is 8.02. The van der Waals surface area contributed by atoms with Gasteiger partial charge < -0.3 is 9.64 Å². The number of ether oxygens (including phenoxy) is 1. The van der Waals surface area contributed by atoms with Gasteiger partial charge in [0.25, 0.3) is 5.91 Å². The summed E-state index contributed by atoms with van der Waals surface area (Å²) in [6.07, 6.45) is 0.0872. The minimum Gasteiger partial charge on any atom is -0.375 e. The lowest BCUT2D eigenvalue weighted by Gasteiger charge is -2.36. The van der Waals surface area contributed by atoms with Crippen molar-refractivity contribution in [1.82, 2.24) is 14.7 Å². The quantitative estimate of drug-likeness (QED) is 0.856. The van der Waals surface area contributed by atoms with Crippen molar-refractivity contribution in [2.75, 3.05) is 13.2 Å². The fourth-order valence-corrected chi connectivity index (χ4v) is 2.99. The Labute approximate surface area is 136 Å². The minimum atomic E-state index is 0.0626. The topological polar surface area (TPSA) is 47.4 Å². The van der Waals surface area contributed by atoms with Crippen LogP contribution in [0.4, 0.5) is 0 Å². The number of carbonyl (C=O) groups is 1. The van der Waals surface area contributed by atoms with E-state index >= 15 is 0 Å². The highest BCUT2D eigenvalue weighted by Crippen LogP contribution is 2.18. The average Bonchev–Trinajstić information content (AvgIpc) is 2.88. The van der Waals surface area contributed by atoms with Crippen LogP contribution in [0.15, 0.2) is 30.3 Å². The molecule has 0 bridgehead atoms. The molecule has 122 valence electrons. The van der Waals surface area contributed by atoms with E-state index in [-0.39, 0.29) is 18.1 Å². The van der Waals surface area contributed by atoms with Crippen LogP contribution in [0, 0.1) is 13.8 Å². The number of aromatic nitrogens is 2. The fraction of sp³-hybridized carbons (Fsp3) is 0.444. The largest absolute Gasteiger partial charge is 0.375 e. The van der Waals surface area contributed by atoms with Crippen LogP contribution in [0.5, 0.6) is 0 Å². The van der Waals surface area contributed by atoms with Gasteiger partial charge in [0.1, 0.15) is 0 Å². The first kappa shape index (κ1) is 15.7. The van der Waals surface area contributed by atoms with Crippen LogP contribution in [0.3, 0.4) is 0 Å². The SMILES string of the molecule is Cc1cc(C)n(-c2ccc(C(=O)N3CC(C)OCC3C)cc2)n1. The Bertz CT molecular complexity index is 706. The first-order valence-corrected chi connectivity index (χ1v) is 8.02. The monoisotopic (exact) mass is 313 g/mol. The molecule has 5 nitrogen and oxygen atoms in total. The number of morpholine rings is 1. The van der Waals surface area contributed by atoms with Crippen molar-refractivity contribution >= 4 is 5.91 Å². The van der Waals surface area contributed by atoms with Crippen molar-refractivity contribution in [3.8, 4) is 5.69 Å². The number of hydrogen-bond donors (Lipinski definition) is 0. The Hall–Kier alpha value is -2.14. The van der Waals surface area contributed by atoms with Crippen LogP contribution in [0.25, 0.3) is 5.69 Å². The summed E-state index contributed by atoms with van der Waals surface area (Å²) in [5.74, 6) is 0.0626. The number of nitrogens with zero attached hydrogens (tertiary/aromatic N) is 3. The summed E-state index contributed by atoms with van der Waals surface area (Å²) in [6.45, 7) is 9.25. The third kappa shape index (κ3) is 3.15. The molecular weight excluding hydrogens is 290 g/mol. The van der Waals surface area contributed by atoms with Crippen molar-refractivity contribution in [2.45, 2.75) is 39.8 Å². The molecule has 23 heavy (non-hydrogen) atoms. The number of rotatable bonds is 2. The first-order chi connectivity index (χ1) is 11.0. The molecule has 0 saturated carbocycles. The normalized spacial score (nSPS) is 21.5. The summed E-state index contributed by atoms with van der Waals surface area (Å²) in [5.41, 5.74) is 3.74. The van der Waals surface area contributed by atoms with Gasteiger partial charge in [0, 0.05) is 17.8 Å². The van der Waals surface area contributed by atoms with Crippen molar-refractivity contribution in [1.29, 1.82) is 0 Å². The Morgan fingerprint density at radius 1 is 1.22 bits per heavy atom. The summed E-state index contributed by atoms with van der Waals surface area (Å²) in [4.78, 5) is 14.6. The molecule has 2 aromatic rings. The predicted molar refractivity (Wildman–Crippen MR) is 89.0 cm³/mol. The predicted octanol–water partition coefficient (Wildman–Crippen LogP) is 2.74. The van der Waals surface area contributed by atoms with Crippen molar-refractivity contribution < 1.29 is 9.53 Å². The summed E-state index contributed by atoms with van der Waals surface area (Å²) in [5, 5.41) is 4.47. The number of benzene rings is 1. The molecule has 1 saturated heterocycles. The maximum atomic E-state index is 12.7. The molecule has 1 amide bonds. The van der Waals surface area contributed by atoms with Crippen LogP contribution < -0.4 is 0 Å². The van der Waals surface area contributed by atoms with Crippen molar-refractivity contribution in [3.63, 3.8) is 0 Å². The molecule has 1 aromatic carbocycles. The molecule has 1 aromatic heterocycles. The maximum Gasteiger partial charge on any atom is 0.254 e. The smallest absolute Gasteiger partial charge is 0.254 e. The van der Waals surface area contributed by atoms with Gasteiger partial charge >= 0.3 is 0 Å². The molecule has 1 aliphatic rings. The lowest BCUT2D eigenvalue weighted by Crippen LogP contribution is -2.50. The second kappa shape index (κ2) is 6.16. The van der Waals surface area contributed by atoms with Crippen LogP contribution >= 0.6 is 0 Å². The molecule has 5 heteroatoms. The molecule has 2 atom stereocenters. The van der Waals surface area contributed by atoms with Crippen LogP contribution in [-0.2, 0) is 4.74 Å². The van der Waals surface area contributed by atoms with Crippen LogP contribution in [0.1, 0.15) is 35.6 Å². The zero-order valence-corrected chi connectivity index (χ0v) is 14.1. The van der Waals surface area contributed by atoms with E-state index in [4.69, 9.17) is 4.74 Å². The van der Waals surface area contributed by atoms with Gasteiger partial charge in [0.15, 0.2) is 0 Å². The molecule has 0 N–H and O–H groups in total. The van der Waals surface area contributed by atoms with Crippen molar-refractivity contribution in [2.24, 2.45) is 0 Å². The summed E-state index contributed by atoms with van der Waals surface area (Å²) in [7, 11) is 0. The molecule has 2 heterocycles. The van der Waals surface area contributed by atoms with Crippen molar-refractivity contribution in [3.05, 3.63) is 47.3 Å². The third-order valence-corrected chi connectivity index (χ3v) is 4.24. The Morgan fingerprint density at radius 2 is 1.91 bits per heavy atom. The van der Waals surface area contributed by atoms with Gasteiger partial charge in [-0.3, -0.25) is 4.79 Å².